The predicted molar refractivity (Wildman–Crippen MR) is 122 cm³/mol. The zero-order chi connectivity index (χ0) is 24.0. The highest BCUT2D eigenvalue weighted by molar-refractivity contribution is 7.92. The summed E-state index contributed by atoms with van der Waals surface area (Å²) < 4.78 is 32.8. The van der Waals surface area contributed by atoms with Crippen LogP contribution in [0, 0.1) is 10.1 Å². The lowest BCUT2D eigenvalue weighted by Gasteiger charge is -2.10. The molecule has 0 spiro atoms. The van der Waals surface area contributed by atoms with Crippen molar-refractivity contribution in [3.05, 3.63) is 88.1 Å². The molecule has 0 aliphatic carbocycles. The number of non-ortho nitro benzene ring substituents is 1. The molecule has 0 aliphatic rings. The maximum atomic E-state index is 12.5. The highest BCUT2D eigenvalue weighted by Gasteiger charge is 2.18. The molecule has 1 aromatic heterocycles. The van der Waals surface area contributed by atoms with Crippen LogP contribution in [0.3, 0.4) is 0 Å². The maximum Gasteiger partial charge on any atom is 0.270 e. The molecule has 0 aliphatic heterocycles. The molecule has 3 aromatic rings. The van der Waals surface area contributed by atoms with Crippen molar-refractivity contribution in [2.75, 3.05) is 4.72 Å². The molecule has 0 unspecified atom stereocenters. The molecule has 3 rings (SSSR count). The second kappa shape index (κ2) is 10.1. The molecule has 0 atom stereocenters. The number of aromatic nitrogens is 1. The molecule has 33 heavy (non-hydrogen) atoms. The Kier molecular flexibility index (Phi) is 7.23. The SMILES string of the molecule is CC(C)Oc1ccc(CNC(=O)c2ccc(NS(=O)(=O)c3cccc([N+](=O)[O-])c3)cc2)cn1. The van der Waals surface area contributed by atoms with Gasteiger partial charge in [0.15, 0.2) is 0 Å². The minimum absolute atomic E-state index is 0.0155. The Morgan fingerprint density at radius 1 is 1.12 bits per heavy atom. The first-order chi connectivity index (χ1) is 15.6. The Morgan fingerprint density at radius 2 is 1.85 bits per heavy atom. The average Bonchev–Trinajstić information content (AvgIpc) is 2.78. The monoisotopic (exact) mass is 470 g/mol. The van der Waals surface area contributed by atoms with E-state index in [9.17, 15) is 23.3 Å². The smallest absolute Gasteiger partial charge is 0.270 e. The molecule has 1 amide bonds. The molecule has 172 valence electrons. The molecule has 0 saturated carbocycles. The lowest BCUT2D eigenvalue weighted by Crippen LogP contribution is -2.23. The van der Waals surface area contributed by atoms with Gasteiger partial charge in [0.05, 0.1) is 15.9 Å². The van der Waals surface area contributed by atoms with Crippen molar-refractivity contribution in [2.45, 2.75) is 31.4 Å². The van der Waals surface area contributed by atoms with Gasteiger partial charge in [0, 0.05) is 42.2 Å². The number of benzene rings is 2. The molecule has 0 bridgehead atoms. The van der Waals surface area contributed by atoms with Gasteiger partial charge >= 0.3 is 0 Å². The molecule has 2 aromatic carbocycles. The van der Waals surface area contributed by atoms with Gasteiger partial charge in [0.2, 0.25) is 5.88 Å². The van der Waals surface area contributed by atoms with Crippen molar-refractivity contribution in [3.63, 3.8) is 0 Å². The number of carbonyl (C=O) groups is 1. The van der Waals surface area contributed by atoms with Gasteiger partial charge in [0.1, 0.15) is 0 Å². The van der Waals surface area contributed by atoms with Gasteiger partial charge in [-0.25, -0.2) is 13.4 Å². The third-order valence-electron chi connectivity index (χ3n) is 4.35. The number of hydrogen-bond donors (Lipinski definition) is 2. The number of nitro groups is 1. The number of carbonyl (C=O) groups excluding carboxylic acids is 1. The van der Waals surface area contributed by atoms with Gasteiger partial charge in [-0.15, -0.1) is 0 Å². The fraction of sp³-hybridized carbons (Fsp3) is 0.182. The number of nitrogens with zero attached hydrogens (tertiary/aromatic N) is 2. The van der Waals surface area contributed by atoms with Gasteiger partial charge in [-0.05, 0) is 49.7 Å². The molecular formula is C22H22N4O6S. The average molecular weight is 471 g/mol. The number of anilines is 1. The van der Waals surface area contributed by atoms with E-state index in [0.29, 0.717) is 11.4 Å². The standard InChI is InChI=1S/C22H22N4O6S/c1-15(2)32-21-11-6-16(13-23-21)14-24-22(27)17-7-9-18(10-8-17)25-33(30,31)20-5-3-4-19(12-20)26(28)29/h3-13,15,25H,14H2,1-2H3,(H,24,27). The summed E-state index contributed by atoms with van der Waals surface area (Å²) in [6.07, 6.45) is 1.63. The Labute approximate surface area is 190 Å². The van der Waals surface area contributed by atoms with Gasteiger partial charge in [-0.3, -0.25) is 19.6 Å². The minimum Gasteiger partial charge on any atom is -0.475 e. The molecular weight excluding hydrogens is 448 g/mol. The van der Waals surface area contributed by atoms with Crippen LogP contribution in [0.4, 0.5) is 11.4 Å². The van der Waals surface area contributed by atoms with Gasteiger partial charge in [0.25, 0.3) is 21.6 Å². The maximum absolute atomic E-state index is 12.5. The third kappa shape index (κ3) is 6.50. The predicted octanol–water partition coefficient (Wildman–Crippen LogP) is 3.51. The van der Waals surface area contributed by atoms with Crippen LogP contribution in [0.5, 0.6) is 5.88 Å². The quantitative estimate of drug-likeness (QED) is 0.360. The van der Waals surface area contributed by atoms with Gasteiger partial charge < -0.3 is 10.1 Å². The number of rotatable bonds is 9. The minimum atomic E-state index is -4.03. The van der Waals surface area contributed by atoms with E-state index >= 15 is 0 Å². The molecule has 10 nitrogen and oxygen atoms in total. The molecule has 0 fully saturated rings. The molecule has 2 N–H and O–H groups in total. The summed E-state index contributed by atoms with van der Waals surface area (Å²) in [5.41, 5.74) is 1.01. The lowest BCUT2D eigenvalue weighted by atomic mass is 10.2. The molecule has 0 saturated heterocycles. The van der Waals surface area contributed by atoms with Crippen LogP contribution < -0.4 is 14.8 Å². The van der Waals surface area contributed by atoms with Crippen LogP contribution in [0.1, 0.15) is 29.8 Å². The zero-order valence-electron chi connectivity index (χ0n) is 17.9. The van der Waals surface area contributed by atoms with Crippen LogP contribution >= 0.6 is 0 Å². The summed E-state index contributed by atoms with van der Waals surface area (Å²) in [4.78, 5) is 26.5. The summed E-state index contributed by atoms with van der Waals surface area (Å²) in [7, 11) is -4.03. The second-order valence-electron chi connectivity index (χ2n) is 7.29. The summed E-state index contributed by atoms with van der Waals surface area (Å²) in [6.45, 7) is 4.06. The topological polar surface area (TPSA) is 141 Å². The van der Waals surface area contributed by atoms with Crippen molar-refractivity contribution in [3.8, 4) is 5.88 Å². The van der Waals surface area contributed by atoms with Crippen LogP contribution in [0.2, 0.25) is 0 Å². The number of nitrogens with one attached hydrogen (secondary N) is 2. The number of nitro benzene ring substituents is 1. The first kappa shape index (κ1) is 23.7. The normalized spacial score (nSPS) is 11.1. The Balaban J connectivity index is 1.60. The van der Waals surface area contributed by atoms with Gasteiger partial charge in [-0.1, -0.05) is 12.1 Å². The van der Waals surface area contributed by atoms with Crippen LogP contribution in [-0.4, -0.2) is 30.3 Å². The Morgan fingerprint density at radius 3 is 2.45 bits per heavy atom. The van der Waals surface area contributed by atoms with Crippen molar-refractivity contribution in [2.24, 2.45) is 0 Å². The van der Waals surface area contributed by atoms with Gasteiger partial charge in [-0.2, -0.15) is 0 Å². The highest BCUT2D eigenvalue weighted by Crippen LogP contribution is 2.21. The Bertz CT molecular complexity index is 1240. The van der Waals surface area contributed by atoms with E-state index in [2.05, 4.69) is 15.0 Å². The number of sulfonamides is 1. The van der Waals surface area contributed by atoms with Crippen molar-refractivity contribution < 1.29 is 22.9 Å². The van der Waals surface area contributed by atoms with Crippen molar-refractivity contribution in [1.29, 1.82) is 0 Å². The molecule has 1 heterocycles. The van der Waals surface area contributed by atoms with E-state index in [0.717, 1.165) is 11.6 Å². The highest BCUT2D eigenvalue weighted by atomic mass is 32.2. The first-order valence-electron chi connectivity index (χ1n) is 9.91. The van der Waals surface area contributed by atoms with Crippen LogP contribution in [0.25, 0.3) is 0 Å². The summed E-state index contributed by atoms with van der Waals surface area (Å²) >= 11 is 0. The number of amides is 1. The summed E-state index contributed by atoms with van der Waals surface area (Å²) in [5.74, 6) is 0.161. The lowest BCUT2D eigenvalue weighted by molar-refractivity contribution is -0.385. The second-order valence-corrected chi connectivity index (χ2v) is 8.97. The summed E-state index contributed by atoms with van der Waals surface area (Å²) in [5, 5.41) is 13.6. The largest absolute Gasteiger partial charge is 0.475 e. The fourth-order valence-corrected chi connectivity index (χ4v) is 3.88. The molecule has 0 radical (unpaired) electrons. The van der Waals surface area contributed by atoms with E-state index in [-0.39, 0.29) is 34.8 Å². The summed E-state index contributed by atoms with van der Waals surface area (Å²) in [6, 6.07) is 14.1. The van der Waals surface area contributed by atoms with Crippen LogP contribution in [0.15, 0.2) is 71.8 Å². The van der Waals surface area contributed by atoms with E-state index in [4.69, 9.17) is 4.74 Å². The Hall–Kier alpha value is -3.99. The fourth-order valence-electron chi connectivity index (χ4n) is 2.78. The number of hydrogen-bond acceptors (Lipinski definition) is 7. The van der Waals surface area contributed by atoms with Crippen LogP contribution in [-0.2, 0) is 16.6 Å². The third-order valence-corrected chi connectivity index (χ3v) is 5.72. The molecule has 11 heteroatoms. The van der Waals surface area contributed by atoms with E-state index in [1.165, 1.54) is 42.5 Å². The van der Waals surface area contributed by atoms with E-state index in [1.807, 2.05) is 13.8 Å². The zero-order valence-corrected chi connectivity index (χ0v) is 18.7. The first-order valence-corrected chi connectivity index (χ1v) is 11.4. The number of ether oxygens (including phenoxy) is 1. The van der Waals surface area contributed by atoms with E-state index < -0.39 is 14.9 Å². The van der Waals surface area contributed by atoms with E-state index in [1.54, 1.807) is 18.3 Å². The number of pyridine rings is 1. The van der Waals surface area contributed by atoms with Crippen molar-refractivity contribution >= 4 is 27.3 Å². The van der Waals surface area contributed by atoms with Crippen molar-refractivity contribution in [1.82, 2.24) is 10.3 Å².